The molecule has 18 unspecified atom stereocenters. The first-order valence-electron chi connectivity index (χ1n) is 22.0. The van der Waals surface area contributed by atoms with Gasteiger partial charge in [0.25, 0.3) is 0 Å². The lowest BCUT2D eigenvalue weighted by atomic mass is 9.62. The van der Waals surface area contributed by atoms with Crippen molar-refractivity contribution >= 4 is 16.1 Å². The first-order valence-corrected chi connectivity index (χ1v) is 30.0. The molecule has 10 fully saturated rings. The Hall–Kier alpha value is -0.466. The third-order valence-electron chi connectivity index (χ3n) is 16.3. The largest absolute Gasteiger partial charge is 0.449 e. The zero-order valence-corrected chi connectivity index (χ0v) is 37.6. The molecule has 0 aromatic carbocycles. The van der Waals surface area contributed by atoms with Crippen molar-refractivity contribution in [3.63, 3.8) is 0 Å². The van der Waals surface area contributed by atoms with Crippen LogP contribution >= 0.6 is 0 Å². The molecule has 17 heteroatoms. The Morgan fingerprint density at radius 2 is 0.864 bits per heavy atom. The van der Waals surface area contributed by atoms with Crippen LogP contribution in [0.2, 0.25) is 52.4 Å². The van der Waals surface area contributed by atoms with Crippen LogP contribution in [0.4, 0.5) is 43.9 Å². The SMILES string of the molecule is C[Si](C)(C)C.C[Si](C)(C)C.OC1(C(F)(F)F)OCC(C2CC3CC2C2C4CCC(C4)C32)C1(F)F.OC1(C2CC3CC2C2C4CCC(C4)C32)COC(O)(C(F)(F)F)C1(F)F. The summed E-state index contributed by atoms with van der Waals surface area (Å²) in [6.07, 6.45) is -1.83. The monoisotopic (exact) mass is 896 g/mol. The van der Waals surface area contributed by atoms with E-state index in [0.29, 0.717) is 66.6 Å². The minimum Gasteiger partial charge on any atom is -0.381 e. The third-order valence-corrected chi connectivity index (χ3v) is 16.3. The van der Waals surface area contributed by atoms with Crippen LogP contribution in [-0.4, -0.2) is 86.1 Å². The van der Waals surface area contributed by atoms with Crippen LogP contribution in [-0.2, 0) is 9.47 Å². The minimum atomic E-state index is -5.67. The highest BCUT2D eigenvalue weighted by molar-refractivity contribution is 6.75. The van der Waals surface area contributed by atoms with Crippen molar-refractivity contribution in [2.24, 2.45) is 88.8 Å². The van der Waals surface area contributed by atoms with Gasteiger partial charge in [0.2, 0.25) is 0 Å². The van der Waals surface area contributed by atoms with Crippen LogP contribution < -0.4 is 0 Å². The number of fused-ring (bicyclic) bond motifs is 18. The Kier molecular flexibility index (Phi) is 11.4. The zero-order chi connectivity index (χ0) is 44.1. The van der Waals surface area contributed by atoms with Crippen LogP contribution in [0, 0.1) is 88.8 Å². The van der Waals surface area contributed by atoms with Gasteiger partial charge in [-0.05, 0) is 147 Å². The lowest BCUT2D eigenvalue weighted by molar-refractivity contribution is -0.412. The molecule has 8 bridgehead atoms. The molecule has 0 aromatic heterocycles. The van der Waals surface area contributed by atoms with Crippen molar-refractivity contribution in [3.05, 3.63) is 0 Å². The first-order chi connectivity index (χ1) is 26.7. The number of halogens is 10. The molecule has 0 spiro atoms. The zero-order valence-electron chi connectivity index (χ0n) is 35.6. The molecule has 8 saturated carbocycles. The van der Waals surface area contributed by atoms with E-state index in [4.69, 9.17) is 0 Å². The molecule has 2 aliphatic heterocycles. The van der Waals surface area contributed by atoms with Crippen molar-refractivity contribution in [3.8, 4) is 0 Å². The van der Waals surface area contributed by atoms with Crippen molar-refractivity contribution in [2.45, 2.75) is 158 Å². The summed E-state index contributed by atoms with van der Waals surface area (Å²) in [5, 5.41) is 29.8. The fourth-order valence-electron chi connectivity index (χ4n) is 14.8. The highest BCUT2D eigenvalue weighted by Crippen LogP contribution is 2.73. The first kappa shape index (κ1) is 46.5. The van der Waals surface area contributed by atoms with Gasteiger partial charge in [-0.2, -0.15) is 43.9 Å². The molecule has 5 nitrogen and oxygen atoms in total. The summed E-state index contributed by atoms with van der Waals surface area (Å²) < 4.78 is 145. The molecular formula is C42H66F10O5Si2. The van der Waals surface area contributed by atoms with Crippen molar-refractivity contribution in [2.75, 3.05) is 13.2 Å². The van der Waals surface area contributed by atoms with Gasteiger partial charge in [0.05, 0.1) is 19.1 Å². The Labute approximate surface area is 344 Å². The van der Waals surface area contributed by atoms with E-state index in [1.807, 2.05) is 0 Å². The van der Waals surface area contributed by atoms with Gasteiger partial charge < -0.3 is 24.8 Å². The second kappa shape index (κ2) is 14.5. The molecule has 59 heavy (non-hydrogen) atoms. The molecule has 10 rings (SSSR count). The number of aliphatic hydroxyl groups is 3. The van der Waals surface area contributed by atoms with E-state index in [1.165, 1.54) is 12.8 Å². The average molecular weight is 897 g/mol. The van der Waals surface area contributed by atoms with Crippen molar-refractivity contribution in [1.82, 2.24) is 0 Å². The summed E-state index contributed by atoms with van der Waals surface area (Å²) in [5.41, 5.74) is -2.97. The molecule has 2 heterocycles. The van der Waals surface area contributed by atoms with Crippen LogP contribution in [0.3, 0.4) is 0 Å². The van der Waals surface area contributed by atoms with Gasteiger partial charge in [0, 0.05) is 16.1 Å². The smallest absolute Gasteiger partial charge is 0.381 e. The number of alkyl halides is 10. The minimum absolute atomic E-state index is 0.0883. The second-order valence-corrected chi connectivity index (χ2v) is 35.6. The summed E-state index contributed by atoms with van der Waals surface area (Å²) in [6, 6.07) is 0. The molecule has 0 radical (unpaired) electrons. The van der Waals surface area contributed by atoms with Gasteiger partial charge in [-0.15, -0.1) is 0 Å². The number of hydrogen-bond acceptors (Lipinski definition) is 5. The number of ether oxygens (including phenoxy) is 2. The van der Waals surface area contributed by atoms with Crippen LogP contribution in [0.15, 0.2) is 0 Å². The van der Waals surface area contributed by atoms with Gasteiger partial charge in [-0.3, -0.25) is 0 Å². The Morgan fingerprint density at radius 1 is 0.475 bits per heavy atom. The van der Waals surface area contributed by atoms with E-state index in [2.05, 4.69) is 61.8 Å². The Bertz CT molecular complexity index is 1550. The lowest BCUT2D eigenvalue weighted by Gasteiger charge is -2.46. The van der Waals surface area contributed by atoms with Crippen molar-refractivity contribution in [1.29, 1.82) is 0 Å². The van der Waals surface area contributed by atoms with E-state index in [1.54, 1.807) is 0 Å². The van der Waals surface area contributed by atoms with E-state index < -0.39 is 88.5 Å². The van der Waals surface area contributed by atoms with Crippen LogP contribution in [0.1, 0.15) is 64.2 Å². The molecule has 3 N–H and O–H groups in total. The molecule has 18 atom stereocenters. The second-order valence-electron chi connectivity index (χ2n) is 23.6. The van der Waals surface area contributed by atoms with Gasteiger partial charge in [0.1, 0.15) is 0 Å². The van der Waals surface area contributed by atoms with Gasteiger partial charge in [0.15, 0.2) is 5.60 Å². The summed E-state index contributed by atoms with van der Waals surface area (Å²) in [7, 11) is -1.22. The topological polar surface area (TPSA) is 79.2 Å². The van der Waals surface area contributed by atoms with Crippen LogP contribution in [0.5, 0.6) is 0 Å². The standard InChI is InChI=1S/C17H21F5O3.C17H21F5O2.2C4H12Si/c18-15(19)14(23,6-25-16(15,24)17(20,21)22)11-5-9-4-10(11)13-8-2-1-7(3-8)12(9)13;18-15(19)12(6-24-16(15,23)17(20,21)22)10-4-9-5-11(10)14-8-2-1-7(3-8)13(9)14;2*1-5(2,3)4/h7-13,23-24H,1-6H2;7-14,23H,1-6H2;2*1-4H3. The predicted molar refractivity (Wildman–Crippen MR) is 206 cm³/mol. The normalized spacial score (nSPS) is 50.5. The maximum absolute atomic E-state index is 14.7. The molecule has 0 aromatic rings. The number of rotatable bonds is 2. The maximum Gasteiger partial charge on any atom is 0.449 e. The molecule has 0 amide bonds. The molecule has 8 aliphatic carbocycles. The van der Waals surface area contributed by atoms with E-state index >= 15 is 0 Å². The van der Waals surface area contributed by atoms with Gasteiger partial charge in [-0.25, -0.2) is 0 Å². The highest BCUT2D eigenvalue weighted by Gasteiger charge is 2.85. The molecule has 10 aliphatic rings. The summed E-state index contributed by atoms with van der Waals surface area (Å²) in [6.45, 7) is 16.7. The fraction of sp³-hybridized carbons (Fsp3) is 1.00. The quantitative estimate of drug-likeness (QED) is 0.146. The van der Waals surface area contributed by atoms with E-state index in [-0.39, 0.29) is 23.7 Å². The van der Waals surface area contributed by atoms with Crippen LogP contribution in [0.25, 0.3) is 0 Å². The lowest BCUT2D eigenvalue weighted by Crippen LogP contribution is -2.66. The Balaban J connectivity index is 0.000000146. The molecular weight excluding hydrogens is 831 g/mol. The maximum atomic E-state index is 14.7. The molecule has 2 saturated heterocycles. The average Bonchev–Trinajstić information content (AvgIpc) is 3.93. The third kappa shape index (κ3) is 7.33. The summed E-state index contributed by atoms with van der Waals surface area (Å²) in [5.74, 6) is -16.4. The van der Waals surface area contributed by atoms with E-state index in [9.17, 15) is 59.2 Å². The van der Waals surface area contributed by atoms with Gasteiger partial charge in [-0.1, -0.05) is 52.4 Å². The molecule has 342 valence electrons. The van der Waals surface area contributed by atoms with Crippen molar-refractivity contribution < 1.29 is 68.7 Å². The summed E-state index contributed by atoms with van der Waals surface area (Å²) in [4.78, 5) is 0. The van der Waals surface area contributed by atoms with E-state index in [0.717, 1.165) is 32.1 Å². The summed E-state index contributed by atoms with van der Waals surface area (Å²) >= 11 is 0. The van der Waals surface area contributed by atoms with Gasteiger partial charge >= 0.3 is 35.8 Å². The number of hydrogen-bond donors (Lipinski definition) is 3. The fourth-order valence-corrected chi connectivity index (χ4v) is 14.8. The predicted octanol–water partition coefficient (Wildman–Crippen LogP) is 10.7. The highest BCUT2D eigenvalue weighted by atomic mass is 28.3. The Morgan fingerprint density at radius 3 is 1.29 bits per heavy atom.